The van der Waals surface area contributed by atoms with Crippen molar-refractivity contribution in [3.05, 3.63) is 42.4 Å². The average Bonchev–Trinajstić information content (AvgIpc) is 2.91. The van der Waals surface area contributed by atoms with Crippen LogP contribution in [0.5, 0.6) is 0 Å². The molecule has 0 saturated heterocycles. The molecule has 4 nitrogen and oxygen atoms in total. The Morgan fingerprint density at radius 2 is 2.28 bits per heavy atom. The van der Waals surface area contributed by atoms with Crippen LogP contribution in [0.2, 0.25) is 0 Å². The molecule has 1 aromatic heterocycles. The van der Waals surface area contributed by atoms with E-state index in [0.29, 0.717) is 18.0 Å². The predicted octanol–water partition coefficient (Wildman–Crippen LogP) is 2.61. The number of furan rings is 1. The molecule has 1 aromatic carbocycles. The third kappa shape index (κ3) is 1.86. The van der Waals surface area contributed by atoms with E-state index >= 15 is 0 Å². The number of carbonyl (C=O) groups excluding carboxylic acids is 1. The van der Waals surface area contributed by atoms with Crippen molar-refractivity contribution in [2.45, 2.75) is 4.90 Å². The Labute approximate surface area is 109 Å². The van der Waals surface area contributed by atoms with Gasteiger partial charge in [-0.05, 0) is 30.3 Å². The van der Waals surface area contributed by atoms with Gasteiger partial charge in [0.2, 0.25) is 0 Å². The largest absolute Gasteiger partial charge is 0.459 e. The Hall–Kier alpha value is -1.88. The van der Waals surface area contributed by atoms with Crippen molar-refractivity contribution < 1.29 is 9.21 Å². The van der Waals surface area contributed by atoms with E-state index < -0.39 is 0 Å². The molecular formula is C13H12N2O2S. The van der Waals surface area contributed by atoms with Gasteiger partial charge in [-0.3, -0.25) is 4.79 Å². The molecule has 0 fully saturated rings. The first-order valence-electron chi connectivity index (χ1n) is 5.63. The second-order valence-electron chi connectivity index (χ2n) is 4.01. The molecule has 5 heteroatoms. The maximum Gasteiger partial charge on any atom is 0.294 e. The zero-order chi connectivity index (χ0) is 12.5. The molecule has 0 unspecified atom stereocenters. The van der Waals surface area contributed by atoms with Gasteiger partial charge in [-0.1, -0.05) is 0 Å². The van der Waals surface area contributed by atoms with Crippen molar-refractivity contribution in [1.29, 1.82) is 0 Å². The first kappa shape index (κ1) is 11.2. The van der Waals surface area contributed by atoms with E-state index in [9.17, 15) is 4.79 Å². The van der Waals surface area contributed by atoms with E-state index in [1.807, 2.05) is 18.2 Å². The highest BCUT2D eigenvalue weighted by atomic mass is 32.2. The minimum absolute atomic E-state index is 0.118. The third-order valence-corrected chi connectivity index (χ3v) is 3.87. The lowest BCUT2D eigenvalue weighted by Gasteiger charge is -2.28. The number of hydrogen-bond acceptors (Lipinski definition) is 4. The molecule has 18 heavy (non-hydrogen) atoms. The van der Waals surface area contributed by atoms with Gasteiger partial charge in [-0.2, -0.15) is 0 Å². The van der Waals surface area contributed by atoms with Crippen LogP contribution in [0.4, 0.5) is 11.4 Å². The number of thioether (sulfide) groups is 1. The van der Waals surface area contributed by atoms with Crippen LogP contribution in [0.1, 0.15) is 10.6 Å². The van der Waals surface area contributed by atoms with Crippen molar-refractivity contribution in [1.82, 2.24) is 0 Å². The summed E-state index contributed by atoms with van der Waals surface area (Å²) in [5.74, 6) is 1.12. The number of hydrogen-bond donors (Lipinski definition) is 1. The number of nitrogens with zero attached hydrogens (tertiary/aromatic N) is 1. The Morgan fingerprint density at radius 1 is 1.39 bits per heavy atom. The maximum absolute atomic E-state index is 12.3. The number of rotatable bonds is 1. The fraction of sp³-hybridized carbons (Fsp3) is 0.154. The summed E-state index contributed by atoms with van der Waals surface area (Å²) in [6.07, 6.45) is 1.51. The second-order valence-corrected chi connectivity index (χ2v) is 5.15. The Bertz CT molecular complexity index is 581. The highest BCUT2D eigenvalue weighted by Gasteiger charge is 2.25. The van der Waals surface area contributed by atoms with Crippen molar-refractivity contribution in [2.75, 3.05) is 22.9 Å². The molecule has 3 rings (SSSR count). The zero-order valence-corrected chi connectivity index (χ0v) is 10.4. The number of nitrogens with two attached hydrogens (primary N) is 1. The Morgan fingerprint density at radius 3 is 3.06 bits per heavy atom. The lowest BCUT2D eigenvalue weighted by atomic mass is 10.2. The van der Waals surface area contributed by atoms with Gasteiger partial charge in [0.1, 0.15) is 0 Å². The van der Waals surface area contributed by atoms with Gasteiger partial charge in [0.25, 0.3) is 5.91 Å². The van der Waals surface area contributed by atoms with Crippen LogP contribution in [0.15, 0.2) is 45.9 Å². The van der Waals surface area contributed by atoms with Crippen molar-refractivity contribution in [2.24, 2.45) is 0 Å². The van der Waals surface area contributed by atoms with E-state index in [0.717, 1.165) is 16.3 Å². The van der Waals surface area contributed by atoms with Gasteiger partial charge in [0.05, 0.1) is 12.0 Å². The number of nitrogen functional groups attached to an aromatic ring is 1. The van der Waals surface area contributed by atoms with Gasteiger partial charge in [0, 0.05) is 22.9 Å². The molecule has 0 aliphatic carbocycles. The molecule has 1 amide bonds. The van der Waals surface area contributed by atoms with Crippen LogP contribution in [-0.4, -0.2) is 18.2 Å². The number of fused-ring (bicyclic) bond motifs is 1. The quantitative estimate of drug-likeness (QED) is 0.801. The topological polar surface area (TPSA) is 59.5 Å². The van der Waals surface area contributed by atoms with E-state index in [4.69, 9.17) is 10.2 Å². The standard InChI is InChI=1S/C13H12N2O2S/c14-9-3-4-12-10(8-9)15(5-7-18-12)13(16)11-2-1-6-17-11/h1-4,6,8H,5,7,14H2. The summed E-state index contributed by atoms with van der Waals surface area (Å²) in [7, 11) is 0. The molecule has 2 N–H and O–H groups in total. The zero-order valence-electron chi connectivity index (χ0n) is 9.63. The lowest BCUT2D eigenvalue weighted by molar-refractivity contribution is 0.0961. The van der Waals surface area contributed by atoms with Gasteiger partial charge in [-0.15, -0.1) is 11.8 Å². The molecule has 0 bridgehead atoms. The van der Waals surface area contributed by atoms with Gasteiger partial charge < -0.3 is 15.1 Å². The Kier molecular flexibility index (Phi) is 2.76. The van der Waals surface area contributed by atoms with Crippen molar-refractivity contribution in [3.8, 4) is 0 Å². The molecule has 0 spiro atoms. The number of carbonyl (C=O) groups is 1. The highest BCUT2D eigenvalue weighted by molar-refractivity contribution is 7.99. The minimum atomic E-state index is -0.118. The molecule has 92 valence electrons. The fourth-order valence-corrected chi connectivity index (χ4v) is 2.95. The van der Waals surface area contributed by atoms with Crippen LogP contribution < -0.4 is 10.6 Å². The van der Waals surface area contributed by atoms with Crippen LogP contribution in [-0.2, 0) is 0 Å². The molecule has 0 radical (unpaired) electrons. The van der Waals surface area contributed by atoms with Crippen LogP contribution >= 0.6 is 11.8 Å². The summed E-state index contributed by atoms with van der Waals surface area (Å²) in [6.45, 7) is 0.667. The smallest absolute Gasteiger partial charge is 0.294 e. The van der Waals surface area contributed by atoms with E-state index in [1.54, 1.807) is 28.8 Å². The van der Waals surface area contributed by atoms with Gasteiger partial charge >= 0.3 is 0 Å². The van der Waals surface area contributed by atoms with E-state index in [-0.39, 0.29) is 5.91 Å². The maximum atomic E-state index is 12.3. The summed E-state index contributed by atoms with van der Waals surface area (Å²) in [5, 5.41) is 0. The van der Waals surface area contributed by atoms with Gasteiger partial charge in [-0.25, -0.2) is 0 Å². The summed E-state index contributed by atoms with van der Waals surface area (Å²) in [4.78, 5) is 15.1. The van der Waals surface area contributed by atoms with Gasteiger partial charge in [0.15, 0.2) is 5.76 Å². The lowest BCUT2D eigenvalue weighted by Crippen LogP contribution is -2.35. The highest BCUT2D eigenvalue weighted by Crippen LogP contribution is 2.36. The first-order valence-corrected chi connectivity index (χ1v) is 6.62. The predicted molar refractivity (Wildman–Crippen MR) is 72.0 cm³/mol. The van der Waals surface area contributed by atoms with Crippen LogP contribution in [0, 0.1) is 0 Å². The first-order chi connectivity index (χ1) is 8.75. The monoisotopic (exact) mass is 260 g/mol. The minimum Gasteiger partial charge on any atom is -0.459 e. The van der Waals surface area contributed by atoms with Crippen molar-refractivity contribution in [3.63, 3.8) is 0 Å². The summed E-state index contributed by atoms with van der Waals surface area (Å²) in [5.41, 5.74) is 7.32. The van der Waals surface area contributed by atoms with Crippen LogP contribution in [0.3, 0.4) is 0 Å². The fourth-order valence-electron chi connectivity index (χ4n) is 1.98. The molecular weight excluding hydrogens is 248 g/mol. The molecule has 1 aliphatic rings. The Balaban J connectivity index is 2.01. The average molecular weight is 260 g/mol. The number of benzene rings is 1. The summed E-state index contributed by atoms with van der Waals surface area (Å²) >= 11 is 1.74. The molecule has 1 aliphatic heterocycles. The molecule has 0 saturated carbocycles. The van der Waals surface area contributed by atoms with E-state index in [2.05, 4.69) is 0 Å². The molecule has 2 aromatic rings. The normalized spacial score (nSPS) is 14.3. The summed E-state index contributed by atoms with van der Waals surface area (Å²) in [6, 6.07) is 9.04. The van der Waals surface area contributed by atoms with Crippen LogP contribution in [0.25, 0.3) is 0 Å². The second kappa shape index (κ2) is 4.42. The number of anilines is 2. The molecule has 2 heterocycles. The third-order valence-electron chi connectivity index (χ3n) is 2.82. The van der Waals surface area contributed by atoms with Crippen molar-refractivity contribution >= 4 is 29.0 Å². The SMILES string of the molecule is Nc1ccc2c(c1)N(C(=O)c1ccco1)CCS2. The summed E-state index contributed by atoms with van der Waals surface area (Å²) < 4.78 is 5.16. The van der Waals surface area contributed by atoms with E-state index in [1.165, 1.54) is 6.26 Å². The number of amides is 1. The molecule has 0 atom stereocenters.